The molecule has 2 N–H and O–H groups in total. The van der Waals surface area contributed by atoms with E-state index in [1.54, 1.807) is 4.90 Å². The van der Waals surface area contributed by atoms with E-state index in [9.17, 15) is 9.59 Å². The minimum absolute atomic E-state index is 0.0178. The minimum Gasteiger partial charge on any atom is -0.444 e. The maximum Gasteiger partial charge on any atom is 0.407 e. The SMILES string of the molecule is C[NH+](C)CCOC(=O)N[C@@H]1CC(=O)N(c2ccccc2)C1. The topological polar surface area (TPSA) is 63.1 Å². The fraction of sp³-hybridized carbons (Fsp3) is 0.467. The highest BCUT2D eigenvalue weighted by Crippen LogP contribution is 2.20. The van der Waals surface area contributed by atoms with Crippen LogP contribution < -0.4 is 15.1 Å². The second kappa shape index (κ2) is 7.08. The monoisotopic (exact) mass is 292 g/mol. The number of hydrogen-bond acceptors (Lipinski definition) is 3. The van der Waals surface area contributed by atoms with Crippen molar-refractivity contribution in [2.45, 2.75) is 12.5 Å². The number of para-hydroxylation sites is 1. The second-order valence-corrected chi connectivity index (χ2v) is 5.48. The highest BCUT2D eigenvalue weighted by atomic mass is 16.5. The number of nitrogens with one attached hydrogen (secondary N) is 2. The van der Waals surface area contributed by atoms with Gasteiger partial charge in [-0.15, -0.1) is 0 Å². The number of hydrogen-bond donors (Lipinski definition) is 2. The predicted molar refractivity (Wildman–Crippen MR) is 79.4 cm³/mol. The van der Waals surface area contributed by atoms with Gasteiger partial charge in [-0.1, -0.05) is 18.2 Å². The van der Waals surface area contributed by atoms with E-state index in [0.717, 1.165) is 12.2 Å². The number of alkyl carbamates (subject to hydrolysis) is 1. The lowest BCUT2D eigenvalue weighted by molar-refractivity contribution is -0.858. The molecule has 6 nitrogen and oxygen atoms in total. The minimum atomic E-state index is -0.455. The highest BCUT2D eigenvalue weighted by Gasteiger charge is 2.31. The number of likely N-dealkylation sites (N-methyl/N-ethyl adjacent to an activating group) is 1. The van der Waals surface area contributed by atoms with Crippen molar-refractivity contribution in [2.24, 2.45) is 0 Å². The Morgan fingerprint density at radius 1 is 1.38 bits per heavy atom. The first-order valence-electron chi connectivity index (χ1n) is 7.14. The van der Waals surface area contributed by atoms with Gasteiger partial charge in [0.15, 0.2) is 0 Å². The molecule has 21 heavy (non-hydrogen) atoms. The molecule has 1 aliphatic heterocycles. The zero-order chi connectivity index (χ0) is 15.2. The molecule has 1 heterocycles. The first kappa shape index (κ1) is 15.3. The van der Waals surface area contributed by atoms with Gasteiger partial charge in [0.1, 0.15) is 13.2 Å². The summed E-state index contributed by atoms with van der Waals surface area (Å²) in [5.41, 5.74) is 0.858. The highest BCUT2D eigenvalue weighted by molar-refractivity contribution is 5.96. The molecule has 1 aliphatic rings. The van der Waals surface area contributed by atoms with Gasteiger partial charge in [0.2, 0.25) is 5.91 Å². The quantitative estimate of drug-likeness (QED) is 0.781. The Kier molecular flexibility index (Phi) is 5.16. The van der Waals surface area contributed by atoms with Crippen molar-refractivity contribution < 1.29 is 19.2 Å². The summed E-state index contributed by atoms with van der Waals surface area (Å²) in [5, 5.41) is 2.75. The summed E-state index contributed by atoms with van der Waals surface area (Å²) in [6, 6.07) is 9.26. The standard InChI is InChI=1S/C15H21N3O3/c1-17(2)8-9-21-15(20)16-12-10-14(19)18(11-12)13-6-4-3-5-7-13/h3-7,12H,8-11H2,1-2H3,(H,16,20)/p+1/t12-/m1/s1. The van der Waals surface area contributed by atoms with Crippen LogP contribution in [-0.4, -0.2) is 51.8 Å². The van der Waals surface area contributed by atoms with Gasteiger partial charge in [-0.25, -0.2) is 4.79 Å². The summed E-state index contributed by atoms with van der Waals surface area (Å²) in [7, 11) is 3.99. The molecule has 114 valence electrons. The van der Waals surface area contributed by atoms with E-state index in [0.29, 0.717) is 19.6 Å². The third-order valence-corrected chi connectivity index (χ3v) is 3.35. The third kappa shape index (κ3) is 4.46. The van der Waals surface area contributed by atoms with Crippen molar-refractivity contribution in [1.82, 2.24) is 5.32 Å². The Labute approximate surface area is 124 Å². The Morgan fingerprint density at radius 2 is 2.10 bits per heavy atom. The van der Waals surface area contributed by atoms with Crippen molar-refractivity contribution in [2.75, 3.05) is 38.7 Å². The Balaban J connectivity index is 1.81. The number of rotatable bonds is 5. The fourth-order valence-electron chi connectivity index (χ4n) is 2.22. The largest absolute Gasteiger partial charge is 0.444 e. The molecule has 1 fully saturated rings. The van der Waals surface area contributed by atoms with Gasteiger partial charge < -0.3 is 19.9 Å². The van der Waals surface area contributed by atoms with Gasteiger partial charge in [-0.2, -0.15) is 0 Å². The number of benzene rings is 1. The average Bonchev–Trinajstić information content (AvgIpc) is 2.80. The third-order valence-electron chi connectivity index (χ3n) is 3.35. The van der Waals surface area contributed by atoms with Crippen LogP contribution >= 0.6 is 0 Å². The summed E-state index contributed by atoms with van der Waals surface area (Å²) in [6.45, 7) is 1.61. The van der Waals surface area contributed by atoms with Gasteiger partial charge >= 0.3 is 6.09 Å². The van der Waals surface area contributed by atoms with Crippen molar-refractivity contribution in [1.29, 1.82) is 0 Å². The van der Waals surface area contributed by atoms with Crippen LogP contribution in [0, 0.1) is 0 Å². The van der Waals surface area contributed by atoms with Crippen molar-refractivity contribution in [3.8, 4) is 0 Å². The Morgan fingerprint density at radius 3 is 2.76 bits per heavy atom. The summed E-state index contributed by atoms with van der Waals surface area (Å²) in [5.74, 6) is 0.0178. The van der Waals surface area contributed by atoms with E-state index in [4.69, 9.17) is 4.74 Å². The smallest absolute Gasteiger partial charge is 0.407 e. The molecular formula is C15H22N3O3+. The number of ether oxygens (including phenoxy) is 1. The van der Waals surface area contributed by atoms with Crippen LogP contribution in [0.3, 0.4) is 0 Å². The summed E-state index contributed by atoms with van der Waals surface area (Å²) in [6.07, 6.45) is -0.146. The van der Waals surface area contributed by atoms with Gasteiger partial charge in [-0.3, -0.25) is 4.79 Å². The molecule has 0 unspecified atom stereocenters. The van der Waals surface area contributed by atoms with Crippen molar-refractivity contribution >= 4 is 17.7 Å². The van der Waals surface area contributed by atoms with E-state index >= 15 is 0 Å². The molecule has 1 atom stereocenters. The molecule has 2 rings (SSSR count). The van der Waals surface area contributed by atoms with Gasteiger partial charge in [-0.05, 0) is 12.1 Å². The molecule has 0 spiro atoms. The molecule has 6 heteroatoms. The number of anilines is 1. The first-order valence-corrected chi connectivity index (χ1v) is 7.14. The summed E-state index contributed by atoms with van der Waals surface area (Å²) < 4.78 is 5.09. The predicted octanol–water partition coefficient (Wildman–Crippen LogP) is -0.337. The molecule has 1 aromatic rings. The fourth-order valence-corrected chi connectivity index (χ4v) is 2.22. The van der Waals surface area contributed by atoms with Crippen LogP contribution in [0.5, 0.6) is 0 Å². The van der Waals surface area contributed by atoms with Gasteiger partial charge in [0, 0.05) is 18.7 Å². The Hall–Kier alpha value is -2.08. The van der Waals surface area contributed by atoms with E-state index in [1.165, 1.54) is 4.90 Å². The van der Waals surface area contributed by atoms with Crippen LogP contribution in [-0.2, 0) is 9.53 Å². The lowest BCUT2D eigenvalue weighted by Gasteiger charge is -2.17. The molecular weight excluding hydrogens is 270 g/mol. The van der Waals surface area contributed by atoms with E-state index in [-0.39, 0.29) is 11.9 Å². The zero-order valence-electron chi connectivity index (χ0n) is 12.5. The van der Waals surface area contributed by atoms with Crippen LogP contribution in [0.1, 0.15) is 6.42 Å². The number of carbonyl (C=O) groups excluding carboxylic acids is 2. The average molecular weight is 292 g/mol. The molecule has 0 aliphatic carbocycles. The number of quaternary nitrogens is 1. The van der Waals surface area contributed by atoms with Gasteiger partial charge in [0.05, 0.1) is 20.1 Å². The summed E-state index contributed by atoms with van der Waals surface area (Å²) >= 11 is 0. The van der Waals surface area contributed by atoms with Crippen molar-refractivity contribution in [3.63, 3.8) is 0 Å². The molecule has 0 saturated carbocycles. The van der Waals surface area contributed by atoms with E-state index in [2.05, 4.69) is 5.32 Å². The molecule has 1 saturated heterocycles. The maximum absolute atomic E-state index is 12.0. The normalized spacial score (nSPS) is 18.1. The zero-order valence-corrected chi connectivity index (χ0v) is 12.5. The van der Waals surface area contributed by atoms with Crippen LogP contribution in [0.15, 0.2) is 30.3 Å². The molecule has 0 bridgehead atoms. The van der Waals surface area contributed by atoms with Crippen LogP contribution in [0.25, 0.3) is 0 Å². The number of nitrogens with zero attached hydrogens (tertiary/aromatic N) is 1. The molecule has 2 amide bonds. The summed E-state index contributed by atoms with van der Waals surface area (Å²) in [4.78, 5) is 26.6. The van der Waals surface area contributed by atoms with Crippen LogP contribution in [0.4, 0.5) is 10.5 Å². The van der Waals surface area contributed by atoms with Gasteiger partial charge in [0.25, 0.3) is 0 Å². The second-order valence-electron chi connectivity index (χ2n) is 5.48. The van der Waals surface area contributed by atoms with Crippen LogP contribution in [0.2, 0.25) is 0 Å². The molecule has 1 aromatic carbocycles. The maximum atomic E-state index is 12.0. The lowest BCUT2D eigenvalue weighted by atomic mass is 10.3. The van der Waals surface area contributed by atoms with E-state index < -0.39 is 6.09 Å². The molecule has 0 radical (unpaired) electrons. The first-order chi connectivity index (χ1) is 10.1. The van der Waals surface area contributed by atoms with Crippen molar-refractivity contribution in [3.05, 3.63) is 30.3 Å². The number of amides is 2. The van der Waals surface area contributed by atoms with E-state index in [1.807, 2.05) is 44.4 Å². The number of carbonyl (C=O) groups is 2. The lowest BCUT2D eigenvalue weighted by Crippen LogP contribution is -3.06. The molecule has 0 aromatic heterocycles. The Bertz CT molecular complexity index is 490.